The van der Waals surface area contributed by atoms with Gasteiger partial charge in [-0.2, -0.15) is 19.3 Å². The summed E-state index contributed by atoms with van der Waals surface area (Å²) in [6.07, 6.45) is -3.41. The Bertz CT molecular complexity index is 1210. The van der Waals surface area contributed by atoms with Crippen LogP contribution in [0.1, 0.15) is 29.0 Å². The molecule has 0 saturated heterocycles. The first kappa shape index (κ1) is 20.6. The Kier molecular flexibility index (Phi) is 4.99. The van der Waals surface area contributed by atoms with Crippen LogP contribution in [0.15, 0.2) is 39.6 Å². The molecule has 0 radical (unpaired) electrons. The van der Waals surface area contributed by atoms with E-state index >= 15 is 0 Å². The van der Waals surface area contributed by atoms with Crippen molar-refractivity contribution in [2.75, 3.05) is 6.26 Å². The molecule has 29 heavy (non-hydrogen) atoms. The van der Waals surface area contributed by atoms with Crippen molar-refractivity contribution in [3.05, 3.63) is 52.8 Å². The monoisotopic (exact) mass is 425 g/mol. The molecule has 0 heterocycles. The molecule has 0 amide bonds. The van der Waals surface area contributed by atoms with Gasteiger partial charge in [0, 0.05) is 23.4 Å². The number of nitriles is 2. The highest BCUT2D eigenvalue weighted by molar-refractivity contribution is 7.93. The van der Waals surface area contributed by atoms with E-state index in [0.29, 0.717) is 0 Å². The molecule has 0 spiro atoms. The lowest BCUT2D eigenvalue weighted by Crippen LogP contribution is -2.24. The molecule has 1 unspecified atom stereocenters. The van der Waals surface area contributed by atoms with Crippen LogP contribution in [-0.4, -0.2) is 21.5 Å². The quantitative estimate of drug-likeness (QED) is 0.588. The molecule has 3 rings (SSSR count). The number of aliphatic hydroxyl groups is 1. The van der Waals surface area contributed by atoms with Crippen LogP contribution < -0.4 is 4.74 Å². The Labute approximate surface area is 162 Å². The van der Waals surface area contributed by atoms with Crippen molar-refractivity contribution < 1.29 is 31.6 Å². The average Bonchev–Trinajstić information content (AvgIpc) is 2.82. The highest BCUT2D eigenvalue weighted by Crippen LogP contribution is 2.57. The Balaban J connectivity index is 2.25. The molecule has 6 nitrogen and oxygen atoms in total. The fraction of sp³-hybridized carbons (Fsp3) is 0.222. The molecule has 0 fully saturated rings. The van der Waals surface area contributed by atoms with Gasteiger partial charge in [0.25, 0.3) is 0 Å². The minimum Gasteiger partial charge on any atom is -0.457 e. The second-order valence-corrected chi connectivity index (χ2v) is 8.44. The zero-order valence-electron chi connectivity index (χ0n) is 14.6. The first-order valence-electron chi connectivity index (χ1n) is 7.88. The number of halogens is 4. The van der Waals surface area contributed by atoms with E-state index in [1.54, 1.807) is 6.07 Å². The van der Waals surface area contributed by atoms with Crippen LogP contribution >= 0.6 is 0 Å². The van der Waals surface area contributed by atoms with E-state index in [-0.39, 0.29) is 11.3 Å². The number of fused-ring (bicyclic) bond motifs is 1. The Hall–Kier alpha value is -3.15. The number of ether oxygens (including phenoxy) is 1. The highest BCUT2D eigenvalue weighted by atomic mass is 32.2. The lowest BCUT2D eigenvalue weighted by atomic mass is 10.1. The maximum absolute atomic E-state index is 14.6. The smallest absolute Gasteiger partial charge is 0.312 e. The van der Waals surface area contributed by atoms with E-state index in [9.17, 15) is 26.9 Å². The number of alkyl halides is 3. The number of rotatable bonds is 3. The van der Waals surface area contributed by atoms with Crippen LogP contribution in [0.25, 0.3) is 0 Å². The summed E-state index contributed by atoms with van der Waals surface area (Å²) in [6, 6.07) is 6.57. The van der Waals surface area contributed by atoms with Crippen molar-refractivity contribution in [3.63, 3.8) is 0 Å². The first-order valence-corrected chi connectivity index (χ1v) is 9.80. The minimum absolute atomic E-state index is 0.125. The molecule has 0 saturated carbocycles. The number of aliphatic hydroxyl groups excluding tert-OH is 1. The van der Waals surface area contributed by atoms with Crippen LogP contribution in [0.4, 0.5) is 17.6 Å². The van der Waals surface area contributed by atoms with Gasteiger partial charge in [0.1, 0.15) is 23.4 Å². The molecule has 2 aromatic rings. The fourth-order valence-electron chi connectivity index (χ4n) is 3.02. The third-order valence-electron chi connectivity index (χ3n) is 4.29. The normalized spacial score (nSPS) is 21.4. The number of hydrogen-bond acceptors (Lipinski definition) is 6. The summed E-state index contributed by atoms with van der Waals surface area (Å²) in [4.78, 5) is -0.439. The maximum Gasteiger partial charge on any atom is 0.312 e. The average molecular weight is 425 g/mol. The van der Waals surface area contributed by atoms with Gasteiger partial charge in [-0.3, -0.25) is 0 Å². The SMILES string of the molecule is CS(=O)(=NC#N)c1ccc(Oc2cc(F)cc(C#N)c2)c2c1[C@@H](O)C(F)(F)[C@H]2F. The zero-order valence-corrected chi connectivity index (χ0v) is 15.4. The summed E-state index contributed by atoms with van der Waals surface area (Å²) < 4.78 is 77.7. The van der Waals surface area contributed by atoms with Crippen LogP contribution in [0, 0.1) is 28.6 Å². The number of benzene rings is 2. The first-order chi connectivity index (χ1) is 13.5. The molecule has 150 valence electrons. The highest BCUT2D eigenvalue weighted by Gasteiger charge is 2.58. The topological polar surface area (TPSA) is 106 Å². The second-order valence-electron chi connectivity index (χ2n) is 6.21. The van der Waals surface area contributed by atoms with Gasteiger partial charge >= 0.3 is 5.92 Å². The third-order valence-corrected chi connectivity index (χ3v) is 5.89. The van der Waals surface area contributed by atoms with E-state index in [1.807, 2.05) is 0 Å². The van der Waals surface area contributed by atoms with E-state index in [1.165, 1.54) is 6.19 Å². The third kappa shape index (κ3) is 3.39. The molecule has 3 atom stereocenters. The largest absolute Gasteiger partial charge is 0.457 e. The molecular weight excluding hydrogens is 414 g/mol. The summed E-state index contributed by atoms with van der Waals surface area (Å²) in [5.41, 5.74) is -1.62. The fourth-order valence-corrected chi connectivity index (χ4v) is 4.23. The molecule has 0 aromatic heterocycles. The summed E-state index contributed by atoms with van der Waals surface area (Å²) in [7, 11) is -3.55. The molecule has 2 aromatic carbocycles. The number of nitrogens with zero attached hydrogens (tertiary/aromatic N) is 3. The van der Waals surface area contributed by atoms with Crippen molar-refractivity contribution in [3.8, 4) is 23.8 Å². The van der Waals surface area contributed by atoms with Crippen molar-refractivity contribution in [2.45, 2.75) is 23.1 Å². The standard InChI is InChI=1S/C18H11F4N3O3S/c1-29(27,25-8-24)13-3-2-12(14-15(13)17(26)18(21,22)16(14)20)28-11-5-9(7-23)4-10(19)6-11/h2-6,16-17,26H,1H3/t16-,17+,29?/m0/s1. The summed E-state index contributed by atoms with van der Waals surface area (Å²) in [5.74, 6) is -5.88. The van der Waals surface area contributed by atoms with Gasteiger partial charge < -0.3 is 9.84 Å². The second kappa shape index (κ2) is 7.03. The van der Waals surface area contributed by atoms with Crippen molar-refractivity contribution in [2.24, 2.45) is 4.36 Å². The number of hydrogen-bond donors (Lipinski definition) is 1. The lowest BCUT2D eigenvalue weighted by Gasteiger charge is -2.16. The van der Waals surface area contributed by atoms with E-state index < -0.39 is 55.5 Å². The van der Waals surface area contributed by atoms with Crippen molar-refractivity contribution in [1.82, 2.24) is 0 Å². The van der Waals surface area contributed by atoms with Gasteiger partial charge in [0.15, 0.2) is 6.17 Å². The minimum atomic E-state index is -4.27. The molecule has 0 aliphatic heterocycles. The summed E-state index contributed by atoms with van der Waals surface area (Å²) in [6.45, 7) is 0. The summed E-state index contributed by atoms with van der Waals surface area (Å²) in [5, 5.41) is 27.6. The molecule has 1 aliphatic carbocycles. The lowest BCUT2D eigenvalue weighted by molar-refractivity contribution is -0.143. The van der Waals surface area contributed by atoms with Gasteiger partial charge in [-0.25, -0.2) is 13.0 Å². The molecule has 1 aliphatic rings. The van der Waals surface area contributed by atoms with Gasteiger partial charge in [-0.1, -0.05) is 0 Å². The van der Waals surface area contributed by atoms with Crippen molar-refractivity contribution in [1.29, 1.82) is 10.5 Å². The van der Waals surface area contributed by atoms with E-state index in [0.717, 1.165) is 36.6 Å². The van der Waals surface area contributed by atoms with E-state index in [2.05, 4.69) is 4.36 Å². The zero-order chi connectivity index (χ0) is 21.6. The molecular formula is C18H11F4N3O3S. The summed E-state index contributed by atoms with van der Waals surface area (Å²) >= 11 is 0. The van der Waals surface area contributed by atoms with Crippen LogP contribution in [-0.2, 0) is 9.73 Å². The molecule has 11 heteroatoms. The van der Waals surface area contributed by atoms with Crippen LogP contribution in [0.2, 0.25) is 0 Å². The van der Waals surface area contributed by atoms with Gasteiger partial charge in [0.2, 0.25) is 6.19 Å². The van der Waals surface area contributed by atoms with E-state index in [4.69, 9.17) is 15.3 Å². The predicted molar refractivity (Wildman–Crippen MR) is 91.8 cm³/mol. The molecule has 0 bridgehead atoms. The Morgan fingerprint density at radius 3 is 2.55 bits per heavy atom. The van der Waals surface area contributed by atoms with Crippen LogP contribution in [0.5, 0.6) is 11.5 Å². The van der Waals surface area contributed by atoms with Gasteiger partial charge in [-0.05, 0) is 24.3 Å². The molecule has 1 N–H and O–H groups in total. The van der Waals surface area contributed by atoms with Crippen LogP contribution in [0.3, 0.4) is 0 Å². The van der Waals surface area contributed by atoms with Gasteiger partial charge in [-0.15, -0.1) is 4.36 Å². The predicted octanol–water partition coefficient (Wildman–Crippen LogP) is 4.12. The Morgan fingerprint density at radius 1 is 1.24 bits per heavy atom. The Morgan fingerprint density at radius 2 is 1.93 bits per heavy atom. The van der Waals surface area contributed by atoms with Crippen molar-refractivity contribution >= 4 is 9.73 Å². The maximum atomic E-state index is 14.6. The van der Waals surface area contributed by atoms with Gasteiger partial charge in [0.05, 0.1) is 26.3 Å².